The minimum absolute atomic E-state index is 0.0235. The topological polar surface area (TPSA) is 84.9 Å². The van der Waals surface area contributed by atoms with Crippen LogP contribution >= 0.6 is 0 Å². The van der Waals surface area contributed by atoms with Crippen molar-refractivity contribution < 1.29 is 23.0 Å². The van der Waals surface area contributed by atoms with E-state index in [1.165, 1.54) is 32.4 Å². The first kappa shape index (κ1) is 21.8. The third-order valence-corrected chi connectivity index (χ3v) is 6.28. The summed E-state index contributed by atoms with van der Waals surface area (Å²) in [7, 11) is -0.943. The second-order valence-corrected chi connectivity index (χ2v) is 8.83. The molecule has 1 atom stereocenters. The maximum Gasteiger partial charge on any atom is 0.240 e. The summed E-state index contributed by atoms with van der Waals surface area (Å²) in [6.07, 6.45) is 0. The fourth-order valence-corrected chi connectivity index (χ4v) is 4.20. The van der Waals surface area contributed by atoms with Crippen molar-refractivity contribution in [1.29, 1.82) is 0 Å². The van der Waals surface area contributed by atoms with Gasteiger partial charge < -0.3 is 14.6 Å². The number of aliphatic hydroxyl groups is 1. The van der Waals surface area contributed by atoms with Crippen LogP contribution in [-0.4, -0.2) is 34.3 Å². The van der Waals surface area contributed by atoms with Gasteiger partial charge in [-0.25, -0.2) is 13.1 Å². The second kappa shape index (κ2) is 8.87. The summed E-state index contributed by atoms with van der Waals surface area (Å²) < 4.78 is 38.2. The summed E-state index contributed by atoms with van der Waals surface area (Å²) in [5.41, 5.74) is 1.30. The normalized spacial score (nSPS) is 13.5. The smallest absolute Gasteiger partial charge is 0.240 e. The van der Waals surface area contributed by atoms with Crippen molar-refractivity contribution in [2.45, 2.75) is 17.4 Å². The minimum atomic E-state index is -3.86. The lowest BCUT2D eigenvalue weighted by Crippen LogP contribution is -2.38. The average Bonchev–Trinajstić information content (AvgIpc) is 2.78. The van der Waals surface area contributed by atoms with Crippen molar-refractivity contribution in [3.63, 3.8) is 0 Å². The molecule has 0 heterocycles. The molecular formula is C23H25NO5S. The van der Waals surface area contributed by atoms with Gasteiger partial charge in [0.2, 0.25) is 10.0 Å². The first-order valence-corrected chi connectivity index (χ1v) is 10.9. The van der Waals surface area contributed by atoms with E-state index in [4.69, 9.17) is 9.47 Å². The molecule has 7 heteroatoms. The van der Waals surface area contributed by atoms with Crippen molar-refractivity contribution >= 4 is 10.0 Å². The first-order valence-electron chi connectivity index (χ1n) is 9.37. The van der Waals surface area contributed by atoms with E-state index in [0.29, 0.717) is 17.1 Å². The Kier molecular flexibility index (Phi) is 6.45. The molecule has 0 saturated carbocycles. The zero-order valence-electron chi connectivity index (χ0n) is 17.1. The summed E-state index contributed by atoms with van der Waals surface area (Å²) in [5, 5.41) is 10.9. The fourth-order valence-electron chi connectivity index (χ4n) is 3.06. The van der Waals surface area contributed by atoms with E-state index in [-0.39, 0.29) is 11.4 Å². The van der Waals surface area contributed by atoms with E-state index >= 15 is 0 Å². The van der Waals surface area contributed by atoms with Crippen LogP contribution in [0.5, 0.6) is 11.5 Å². The molecule has 0 aliphatic heterocycles. The lowest BCUT2D eigenvalue weighted by molar-refractivity contribution is 0.0627. The number of benzene rings is 3. The minimum Gasteiger partial charge on any atom is -0.493 e. The van der Waals surface area contributed by atoms with Gasteiger partial charge in [0.1, 0.15) is 5.60 Å². The van der Waals surface area contributed by atoms with Crippen molar-refractivity contribution in [2.24, 2.45) is 0 Å². The highest BCUT2D eigenvalue weighted by Crippen LogP contribution is 2.30. The molecule has 3 rings (SSSR count). The fraction of sp³-hybridized carbons (Fsp3) is 0.217. The Labute approximate surface area is 177 Å². The molecule has 0 amide bonds. The van der Waals surface area contributed by atoms with Crippen molar-refractivity contribution in [3.05, 3.63) is 78.4 Å². The number of ether oxygens (including phenoxy) is 2. The van der Waals surface area contributed by atoms with E-state index in [1.54, 1.807) is 19.1 Å². The summed E-state index contributed by atoms with van der Waals surface area (Å²) in [6, 6.07) is 21.6. The van der Waals surface area contributed by atoms with E-state index in [1.807, 2.05) is 42.5 Å². The van der Waals surface area contributed by atoms with E-state index in [9.17, 15) is 13.5 Å². The molecule has 0 spiro atoms. The third-order valence-electron chi connectivity index (χ3n) is 4.89. The molecule has 2 N–H and O–H groups in total. The first-order chi connectivity index (χ1) is 14.3. The van der Waals surface area contributed by atoms with Crippen LogP contribution in [0.15, 0.2) is 77.7 Å². The van der Waals surface area contributed by atoms with E-state index in [0.717, 1.165) is 11.1 Å². The zero-order valence-corrected chi connectivity index (χ0v) is 17.9. The molecule has 0 aliphatic carbocycles. The van der Waals surface area contributed by atoms with Crippen LogP contribution in [0.4, 0.5) is 0 Å². The van der Waals surface area contributed by atoms with E-state index in [2.05, 4.69) is 4.72 Å². The molecule has 1 unspecified atom stereocenters. The molecule has 0 saturated heterocycles. The molecule has 3 aromatic rings. The van der Waals surface area contributed by atoms with Gasteiger partial charge in [0, 0.05) is 12.6 Å². The van der Waals surface area contributed by atoms with Gasteiger partial charge >= 0.3 is 0 Å². The van der Waals surface area contributed by atoms with Gasteiger partial charge in [-0.2, -0.15) is 0 Å². The monoisotopic (exact) mass is 427 g/mol. The second-order valence-electron chi connectivity index (χ2n) is 7.06. The number of hydrogen-bond acceptors (Lipinski definition) is 5. The predicted octanol–water partition coefficient (Wildman–Crippen LogP) is 3.56. The van der Waals surface area contributed by atoms with Crippen LogP contribution in [-0.2, 0) is 15.6 Å². The predicted molar refractivity (Wildman–Crippen MR) is 116 cm³/mol. The number of methoxy groups -OCH3 is 2. The molecule has 0 aromatic heterocycles. The van der Waals surface area contributed by atoms with Crippen LogP contribution in [0.2, 0.25) is 0 Å². The Morgan fingerprint density at radius 3 is 2.07 bits per heavy atom. The van der Waals surface area contributed by atoms with Crippen LogP contribution in [0.3, 0.4) is 0 Å². The standard InChI is InChI=1S/C23H25NO5S/c1-23(25,19-11-9-18(10-12-19)17-7-5-4-6-8-17)16-24-30(26,27)20-13-14-21(28-2)22(15-20)29-3/h4-15,24-25H,16H2,1-3H3. The van der Waals surface area contributed by atoms with E-state index < -0.39 is 15.6 Å². The molecule has 158 valence electrons. The summed E-state index contributed by atoms with van der Waals surface area (Å²) in [5.74, 6) is 0.741. The summed E-state index contributed by atoms with van der Waals surface area (Å²) >= 11 is 0. The Hall–Kier alpha value is -2.87. The van der Waals surface area contributed by atoms with Gasteiger partial charge in [-0.15, -0.1) is 0 Å². The molecule has 3 aromatic carbocycles. The summed E-state index contributed by atoms with van der Waals surface area (Å²) in [4.78, 5) is 0.0235. The average molecular weight is 428 g/mol. The Balaban J connectivity index is 1.75. The highest BCUT2D eigenvalue weighted by Gasteiger charge is 2.27. The molecule has 0 fully saturated rings. The Morgan fingerprint density at radius 1 is 0.867 bits per heavy atom. The van der Waals surface area contributed by atoms with Gasteiger partial charge in [-0.3, -0.25) is 0 Å². The van der Waals surface area contributed by atoms with Gasteiger partial charge in [-0.05, 0) is 35.7 Å². The SMILES string of the molecule is COc1ccc(S(=O)(=O)NCC(C)(O)c2ccc(-c3ccccc3)cc2)cc1OC. The van der Waals surface area contributed by atoms with Gasteiger partial charge in [0.25, 0.3) is 0 Å². The van der Waals surface area contributed by atoms with Gasteiger partial charge in [-0.1, -0.05) is 54.6 Å². The van der Waals surface area contributed by atoms with Gasteiger partial charge in [0.05, 0.1) is 19.1 Å². The molecule has 0 aliphatic rings. The zero-order chi connectivity index (χ0) is 21.8. The molecule has 0 radical (unpaired) electrons. The van der Waals surface area contributed by atoms with Crippen LogP contribution in [0, 0.1) is 0 Å². The maximum absolute atomic E-state index is 12.7. The van der Waals surface area contributed by atoms with Crippen LogP contribution < -0.4 is 14.2 Å². The third kappa shape index (κ3) is 4.81. The van der Waals surface area contributed by atoms with Gasteiger partial charge in [0.15, 0.2) is 11.5 Å². The molecular weight excluding hydrogens is 402 g/mol. The lowest BCUT2D eigenvalue weighted by atomic mass is 9.94. The Bertz CT molecular complexity index is 1090. The number of rotatable bonds is 8. The molecule has 0 bridgehead atoms. The maximum atomic E-state index is 12.7. The number of nitrogens with one attached hydrogen (secondary N) is 1. The largest absolute Gasteiger partial charge is 0.493 e. The lowest BCUT2D eigenvalue weighted by Gasteiger charge is -2.24. The highest BCUT2D eigenvalue weighted by atomic mass is 32.2. The van der Waals surface area contributed by atoms with Crippen LogP contribution in [0.1, 0.15) is 12.5 Å². The quantitative estimate of drug-likeness (QED) is 0.574. The highest BCUT2D eigenvalue weighted by molar-refractivity contribution is 7.89. The van der Waals surface area contributed by atoms with Crippen molar-refractivity contribution in [3.8, 4) is 22.6 Å². The van der Waals surface area contributed by atoms with Crippen LogP contribution in [0.25, 0.3) is 11.1 Å². The van der Waals surface area contributed by atoms with Crippen molar-refractivity contribution in [2.75, 3.05) is 20.8 Å². The number of hydrogen-bond donors (Lipinski definition) is 2. The number of sulfonamides is 1. The van der Waals surface area contributed by atoms with Crippen molar-refractivity contribution in [1.82, 2.24) is 4.72 Å². The molecule has 30 heavy (non-hydrogen) atoms. The molecule has 6 nitrogen and oxygen atoms in total. The summed E-state index contributed by atoms with van der Waals surface area (Å²) in [6.45, 7) is 1.38. The Morgan fingerprint density at radius 2 is 1.47 bits per heavy atom.